The normalized spacial score (nSPS) is 12.1. The molecule has 8 heteroatoms. The van der Waals surface area contributed by atoms with Crippen LogP contribution in [0, 0.1) is 10.1 Å². The highest BCUT2D eigenvalue weighted by molar-refractivity contribution is 5.48. The van der Waals surface area contributed by atoms with Crippen LogP contribution in [0.3, 0.4) is 0 Å². The summed E-state index contributed by atoms with van der Waals surface area (Å²) in [5.74, 6) is 0.0353. The maximum atomic E-state index is 10.9. The molecule has 0 aliphatic carbocycles. The van der Waals surface area contributed by atoms with Crippen molar-refractivity contribution in [1.82, 2.24) is 0 Å². The summed E-state index contributed by atoms with van der Waals surface area (Å²) in [4.78, 5) is 10.3. The van der Waals surface area contributed by atoms with Gasteiger partial charge >= 0.3 is 5.69 Å². The van der Waals surface area contributed by atoms with E-state index in [1.54, 1.807) is 0 Å². The van der Waals surface area contributed by atoms with Crippen LogP contribution in [-0.4, -0.2) is 54.8 Å². The third kappa shape index (κ3) is 6.05. The van der Waals surface area contributed by atoms with Crippen molar-refractivity contribution in [2.24, 2.45) is 0 Å². The summed E-state index contributed by atoms with van der Waals surface area (Å²) >= 11 is 0. The van der Waals surface area contributed by atoms with Crippen LogP contribution in [0.2, 0.25) is 0 Å². The number of aliphatic hydroxyl groups is 2. The highest BCUT2D eigenvalue weighted by Gasteiger charge is 2.17. The Balaban J connectivity index is 2.52. The summed E-state index contributed by atoms with van der Waals surface area (Å²) in [5.41, 5.74) is 0.159. The number of methoxy groups -OCH3 is 1. The fourth-order valence-electron chi connectivity index (χ4n) is 1.52. The number of rotatable bonds is 10. The van der Waals surface area contributed by atoms with E-state index in [1.807, 2.05) is 0 Å². The Hall–Kier alpha value is -1.74. The second-order valence-electron chi connectivity index (χ2n) is 4.25. The Morgan fingerprint density at radius 2 is 2.10 bits per heavy atom. The lowest BCUT2D eigenvalue weighted by molar-refractivity contribution is -0.386. The van der Waals surface area contributed by atoms with E-state index in [1.165, 1.54) is 25.3 Å². The summed E-state index contributed by atoms with van der Waals surface area (Å²) in [7, 11) is 1.54. The molecule has 0 amide bonds. The summed E-state index contributed by atoms with van der Waals surface area (Å²) in [6, 6.07) is 4.14. The van der Waals surface area contributed by atoms with Crippen LogP contribution in [0.4, 0.5) is 5.69 Å². The zero-order chi connectivity index (χ0) is 15.7. The number of nitro groups is 1. The average Bonchev–Trinajstić information content (AvgIpc) is 2.49. The van der Waals surface area contributed by atoms with Crippen molar-refractivity contribution in [1.29, 1.82) is 0 Å². The Morgan fingerprint density at radius 3 is 2.71 bits per heavy atom. The highest BCUT2D eigenvalue weighted by atomic mass is 16.6. The molecule has 0 bridgehead atoms. The topological polar surface area (TPSA) is 111 Å². The Morgan fingerprint density at radius 1 is 1.33 bits per heavy atom. The van der Waals surface area contributed by atoms with E-state index in [0.29, 0.717) is 18.8 Å². The molecule has 0 heterocycles. The first kappa shape index (κ1) is 17.3. The minimum atomic E-state index is -0.904. The largest absolute Gasteiger partial charge is 0.484 e. The van der Waals surface area contributed by atoms with Crippen LogP contribution in [0.1, 0.15) is 5.56 Å². The molecule has 1 atom stereocenters. The Labute approximate surface area is 122 Å². The molecule has 0 aliphatic heterocycles. The number of hydrogen-bond donors (Lipinski definition) is 2. The number of aliphatic hydroxyl groups excluding tert-OH is 2. The van der Waals surface area contributed by atoms with E-state index in [-0.39, 0.29) is 31.3 Å². The van der Waals surface area contributed by atoms with Gasteiger partial charge in [-0.2, -0.15) is 0 Å². The molecule has 0 fully saturated rings. The first-order valence-corrected chi connectivity index (χ1v) is 6.34. The maximum Gasteiger partial charge on any atom is 0.311 e. The van der Waals surface area contributed by atoms with Crippen LogP contribution in [0.15, 0.2) is 18.2 Å². The van der Waals surface area contributed by atoms with E-state index in [0.717, 1.165) is 0 Å². The van der Waals surface area contributed by atoms with Gasteiger partial charge in [-0.3, -0.25) is 10.1 Å². The van der Waals surface area contributed by atoms with Crippen LogP contribution >= 0.6 is 0 Å². The lowest BCUT2D eigenvalue weighted by Crippen LogP contribution is -2.24. The lowest BCUT2D eigenvalue weighted by Gasteiger charge is -2.13. The lowest BCUT2D eigenvalue weighted by atomic mass is 10.2. The van der Waals surface area contributed by atoms with Gasteiger partial charge in [0.25, 0.3) is 0 Å². The molecule has 0 radical (unpaired) electrons. The van der Waals surface area contributed by atoms with Gasteiger partial charge in [-0.1, -0.05) is 6.07 Å². The molecule has 2 N–H and O–H groups in total. The fraction of sp³-hybridized carbons (Fsp3) is 0.538. The first-order chi connectivity index (χ1) is 10.1. The van der Waals surface area contributed by atoms with Gasteiger partial charge in [-0.25, -0.2) is 0 Å². The van der Waals surface area contributed by atoms with Gasteiger partial charge in [0.2, 0.25) is 0 Å². The predicted octanol–water partition coefficient (Wildman–Crippen LogP) is 0.490. The van der Waals surface area contributed by atoms with Crippen molar-refractivity contribution in [2.75, 3.05) is 33.5 Å². The molecule has 0 spiro atoms. The summed E-state index contributed by atoms with van der Waals surface area (Å²) in [6.07, 6.45) is -0.904. The quantitative estimate of drug-likeness (QED) is 0.367. The number of benzene rings is 1. The zero-order valence-corrected chi connectivity index (χ0v) is 11.7. The first-order valence-electron chi connectivity index (χ1n) is 6.34. The van der Waals surface area contributed by atoms with Crippen LogP contribution < -0.4 is 4.74 Å². The van der Waals surface area contributed by atoms with E-state index in [2.05, 4.69) is 0 Å². The summed E-state index contributed by atoms with van der Waals surface area (Å²) < 4.78 is 15.1. The third-order valence-electron chi connectivity index (χ3n) is 2.58. The summed E-state index contributed by atoms with van der Waals surface area (Å²) in [6.45, 7) is 0.385. The molecule has 1 rings (SSSR count). The Kier molecular flexibility index (Phi) is 7.62. The van der Waals surface area contributed by atoms with Crippen LogP contribution in [0.25, 0.3) is 0 Å². The van der Waals surface area contributed by atoms with Crippen molar-refractivity contribution in [3.63, 3.8) is 0 Å². The molecule has 0 aliphatic rings. The van der Waals surface area contributed by atoms with Crippen molar-refractivity contribution in [3.05, 3.63) is 33.9 Å². The van der Waals surface area contributed by atoms with Crippen molar-refractivity contribution >= 4 is 5.69 Å². The molecule has 0 saturated carbocycles. The maximum absolute atomic E-state index is 10.9. The highest BCUT2D eigenvalue weighted by Crippen LogP contribution is 2.28. The predicted molar refractivity (Wildman–Crippen MR) is 73.2 cm³/mol. The Bertz CT molecular complexity index is 452. The molecular weight excluding hydrogens is 282 g/mol. The number of nitro benzene ring substituents is 1. The van der Waals surface area contributed by atoms with Crippen LogP contribution in [0.5, 0.6) is 5.75 Å². The molecule has 118 valence electrons. The molecule has 21 heavy (non-hydrogen) atoms. The second kappa shape index (κ2) is 9.24. The minimum Gasteiger partial charge on any atom is -0.484 e. The fourth-order valence-corrected chi connectivity index (χ4v) is 1.52. The third-order valence-corrected chi connectivity index (χ3v) is 2.58. The van der Waals surface area contributed by atoms with Gasteiger partial charge in [0, 0.05) is 13.2 Å². The van der Waals surface area contributed by atoms with E-state index in [4.69, 9.17) is 19.3 Å². The van der Waals surface area contributed by atoms with Crippen LogP contribution in [-0.2, 0) is 16.1 Å². The number of hydrogen-bond acceptors (Lipinski definition) is 7. The van der Waals surface area contributed by atoms with Crippen molar-refractivity contribution < 1.29 is 29.3 Å². The molecule has 8 nitrogen and oxygen atoms in total. The number of ether oxygens (including phenoxy) is 3. The minimum absolute atomic E-state index is 0.0353. The molecular formula is C13H19NO7. The number of nitrogens with zero attached hydrogens (tertiary/aromatic N) is 1. The zero-order valence-electron chi connectivity index (χ0n) is 11.7. The van der Waals surface area contributed by atoms with Gasteiger partial charge in [0.05, 0.1) is 31.4 Å². The molecule has 0 saturated heterocycles. The smallest absolute Gasteiger partial charge is 0.311 e. The molecule has 1 aromatic carbocycles. The molecule has 1 unspecified atom stereocenters. The van der Waals surface area contributed by atoms with Gasteiger partial charge in [-0.15, -0.1) is 0 Å². The van der Waals surface area contributed by atoms with Gasteiger partial charge in [-0.05, 0) is 11.6 Å². The van der Waals surface area contributed by atoms with Gasteiger partial charge < -0.3 is 24.4 Å². The van der Waals surface area contributed by atoms with E-state index >= 15 is 0 Å². The van der Waals surface area contributed by atoms with Crippen molar-refractivity contribution in [3.8, 4) is 5.75 Å². The SMILES string of the molecule is COCCOCC(O)COc1ccc(CO)cc1[N+](=O)[O-]. The summed E-state index contributed by atoms with van der Waals surface area (Å²) in [5, 5.41) is 29.5. The van der Waals surface area contributed by atoms with E-state index < -0.39 is 11.0 Å². The average molecular weight is 301 g/mol. The molecule has 0 aromatic heterocycles. The van der Waals surface area contributed by atoms with Crippen molar-refractivity contribution in [2.45, 2.75) is 12.7 Å². The van der Waals surface area contributed by atoms with Gasteiger partial charge in [0.15, 0.2) is 5.75 Å². The monoisotopic (exact) mass is 301 g/mol. The van der Waals surface area contributed by atoms with Gasteiger partial charge in [0.1, 0.15) is 12.7 Å². The second-order valence-corrected chi connectivity index (χ2v) is 4.25. The molecule has 1 aromatic rings. The van der Waals surface area contributed by atoms with E-state index in [9.17, 15) is 15.2 Å². The standard InChI is InChI=1S/C13H19NO7/c1-19-4-5-20-8-11(16)9-21-13-3-2-10(7-15)6-12(13)14(17)18/h2-3,6,11,15-16H,4-5,7-9H2,1H3.